The summed E-state index contributed by atoms with van der Waals surface area (Å²) in [5, 5.41) is 30.2. The van der Waals surface area contributed by atoms with E-state index in [1.807, 2.05) is 0 Å². The summed E-state index contributed by atoms with van der Waals surface area (Å²) >= 11 is 0. The van der Waals surface area contributed by atoms with Crippen molar-refractivity contribution < 1.29 is 24.8 Å². The standard InChI is InChI=1S/C13H20N2O7/c1-7-5-15(12(19)14-10(7)18)11-13(20,3-4-21-2)9(17)8(6-16)22-11/h5,8-9,11,16-17,20H,3-4,6H2,1-2H3,(H,14,18,19)/t8-,9-,11-,13-/m1/s1. The van der Waals surface area contributed by atoms with E-state index in [0.717, 1.165) is 4.57 Å². The summed E-state index contributed by atoms with van der Waals surface area (Å²) in [6.07, 6.45) is -2.48. The lowest BCUT2D eigenvalue weighted by molar-refractivity contribution is -0.122. The molecular weight excluding hydrogens is 296 g/mol. The highest BCUT2D eigenvalue weighted by Gasteiger charge is 2.55. The summed E-state index contributed by atoms with van der Waals surface area (Å²) in [4.78, 5) is 25.5. The van der Waals surface area contributed by atoms with Gasteiger partial charge in [-0.05, 0) is 6.92 Å². The lowest BCUT2D eigenvalue weighted by Crippen LogP contribution is -2.50. The number of aliphatic hydroxyl groups excluding tert-OH is 2. The molecule has 9 nitrogen and oxygen atoms in total. The lowest BCUT2D eigenvalue weighted by atomic mass is 9.90. The van der Waals surface area contributed by atoms with Crippen LogP contribution in [0.5, 0.6) is 0 Å². The van der Waals surface area contributed by atoms with E-state index in [9.17, 15) is 24.9 Å². The SMILES string of the molecule is COCC[C@@]1(O)[C@H](O)[C@@H](CO)O[C@H]1n1cc(C)c(=O)[nH]c1=O. The molecule has 4 atom stereocenters. The van der Waals surface area contributed by atoms with Gasteiger partial charge in [-0.15, -0.1) is 0 Å². The number of hydrogen-bond donors (Lipinski definition) is 4. The highest BCUT2D eigenvalue weighted by atomic mass is 16.6. The molecule has 1 aliphatic rings. The van der Waals surface area contributed by atoms with Crippen molar-refractivity contribution in [3.63, 3.8) is 0 Å². The number of aliphatic hydroxyl groups is 3. The van der Waals surface area contributed by atoms with E-state index in [4.69, 9.17) is 9.47 Å². The first-order valence-corrected chi connectivity index (χ1v) is 6.83. The Bertz CT molecular complexity index is 640. The molecule has 0 aromatic carbocycles. The summed E-state index contributed by atoms with van der Waals surface area (Å²) in [6.45, 7) is 1.09. The van der Waals surface area contributed by atoms with Crippen molar-refractivity contribution in [2.24, 2.45) is 0 Å². The second-order valence-electron chi connectivity index (χ2n) is 5.37. The van der Waals surface area contributed by atoms with Crippen molar-refractivity contribution >= 4 is 0 Å². The smallest absolute Gasteiger partial charge is 0.330 e. The van der Waals surface area contributed by atoms with E-state index in [-0.39, 0.29) is 18.6 Å². The average molecular weight is 316 g/mol. The van der Waals surface area contributed by atoms with Crippen LogP contribution in [0.3, 0.4) is 0 Å². The Labute approximate surface area is 125 Å². The largest absolute Gasteiger partial charge is 0.394 e. The molecule has 2 rings (SSSR count). The summed E-state index contributed by atoms with van der Waals surface area (Å²) in [6, 6.07) is 0. The molecule has 9 heteroatoms. The van der Waals surface area contributed by atoms with Gasteiger partial charge < -0.3 is 24.8 Å². The Morgan fingerprint density at radius 2 is 2.18 bits per heavy atom. The predicted octanol–water partition coefficient (Wildman–Crippen LogP) is -2.14. The van der Waals surface area contributed by atoms with Gasteiger partial charge in [-0.1, -0.05) is 0 Å². The Morgan fingerprint density at radius 1 is 1.50 bits per heavy atom. The van der Waals surface area contributed by atoms with Gasteiger partial charge in [0.15, 0.2) is 6.23 Å². The monoisotopic (exact) mass is 316 g/mol. The van der Waals surface area contributed by atoms with Gasteiger partial charge in [-0.2, -0.15) is 0 Å². The van der Waals surface area contributed by atoms with Gasteiger partial charge in [0.2, 0.25) is 0 Å². The van der Waals surface area contributed by atoms with Crippen LogP contribution in [-0.2, 0) is 9.47 Å². The molecule has 0 amide bonds. The van der Waals surface area contributed by atoms with Crippen LogP contribution in [0.4, 0.5) is 0 Å². The van der Waals surface area contributed by atoms with Crippen LogP contribution in [0.25, 0.3) is 0 Å². The summed E-state index contributed by atoms with van der Waals surface area (Å²) in [7, 11) is 1.43. The van der Waals surface area contributed by atoms with Crippen LogP contribution in [0.2, 0.25) is 0 Å². The predicted molar refractivity (Wildman–Crippen MR) is 74.5 cm³/mol. The third kappa shape index (κ3) is 2.73. The van der Waals surface area contributed by atoms with E-state index >= 15 is 0 Å². The lowest BCUT2D eigenvalue weighted by Gasteiger charge is -2.31. The Balaban J connectivity index is 2.49. The molecule has 0 radical (unpaired) electrons. The molecule has 22 heavy (non-hydrogen) atoms. The van der Waals surface area contributed by atoms with Gasteiger partial charge in [0.1, 0.15) is 17.8 Å². The molecule has 0 saturated carbocycles. The van der Waals surface area contributed by atoms with E-state index in [2.05, 4.69) is 4.98 Å². The van der Waals surface area contributed by atoms with E-state index in [1.165, 1.54) is 20.2 Å². The van der Waals surface area contributed by atoms with Crippen molar-refractivity contribution in [1.29, 1.82) is 0 Å². The van der Waals surface area contributed by atoms with Gasteiger partial charge >= 0.3 is 5.69 Å². The Kier molecular flexibility index (Phi) is 4.83. The topological polar surface area (TPSA) is 134 Å². The number of methoxy groups -OCH3 is 1. The molecule has 1 fully saturated rings. The normalized spacial score (nSPS) is 31.6. The van der Waals surface area contributed by atoms with Gasteiger partial charge in [0.05, 0.1) is 6.61 Å². The summed E-state index contributed by atoms with van der Waals surface area (Å²) in [5.74, 6) is 0. The molecular formula is C13H20N2O7. The van der Waals surface area contributed by atoms with Crippen molar-refractivity contribution in [2.75, 3.05) is 20.3 Å². The van der Waals surface area contributed by atoms with Crippen LogP contribution < -0.4 is 11.2 Å². The highest BCUT2D eigenvalue weighted by Crippen LogP contribution is 2.40. The zero-order valence-electron chi connectivity index (χ0n) is 12.4. The van der Waals surface area contributed by atoms with Crippen molar-refractivity contribution in [1.82, 2.24) is 9.55 Å². The van der Waals surface area contributed by atoms with Crippen LogP contribution >= 0.6 is 0 Å². The molecule has 1 aromatic rings. The minimum absolute atomic E-state index is 0.0174. The second-order valence-corrected chi connectivity index (χ2v) is 5.37. The Hall–Kier alpha value is -1.52. The first kappa shape index (κ1) is 16.8. The van der Waals surface area contributed by atoms with Gasteiger partial charge in [-0.25, -0.2) is 4.79 Å². The number of aromatic nitrogens is 2. The van der Waals surface area contributed by atoms with E-state index in [0.29, 0.717) is 0 Å². The molecule has 0 aliphatic carbocycles. The average Bonchev–Trinajstić information content (AvgIpc) is 2.73. The number of aryl methyl sites for hydroxylation is 1. The third-order valence-corrected chi connectivity index (χ3v) is 3.88. The third-order valence-electron chi connectivity index (χ3n) is 3.88. The number of H-pyrrole nitrogens is 1. The second kappa shape index (κ2) is 6.31. The minimum atomic E-state index is -1.84. The molecule has 2 heterocycles. The molecule has 0 bridgehead atoms. The van der Waals surface area contributed by atoms with Crippen LogP contribution in [-0.4, -0.2) is 63.0 Å². The molecule has 4 N–H and O–H groups in total. The van der Waals surface area contributed by atoms with Gasteiger partial charge in [0, 0.05) is 31.9 Å². The number of nitrogens with one attached hydrogen (secondary N) is 1. The fourth-order valence-electron chi connectivity index (χ4n) is 2.57. The molecule has 0 unspecified atom stereocenters. The van der Waals surface area contributed by atoms with Crippen molar-refractivity contribution in [3.05, 3.63) is 32.6 Å². The van der Waals surface area contributed by atoms with Crippen molar-refractivity contribution in [3.8, 4) is 0 Å². The zero-order valence-corrected chi connectivity index (χ0v) is 12.4. The molecule has 124 valence electrons. The first-order chi connectivity index (χ1) is 10.3. The Morgan fingerprint density at radius 3 is 2.77 bits per heavy atom. The van der Waals surface area contributed by atoms with E-state index < -0.39 is 41.9 Å². The van der Waals surface area contributed by atoms with Gasteiger partial charge in [0.25, 0.3) is 5.56 Å². The first-order valence-electron chi connectivity index (χ1n) is 6.83. The van der Waals surface area contributed by atoms with E-state index in [1.54, 1.807) is 0 Å². The maximum absolute atomic E-state index is 12.0. The highest BCUT2D eigenvalue weighted by molar-refractivity contribution is 5.07. The zero-order chi connectivity index (χ0) is 16.5. The fourth-order valence-corrected chi connectivity index (χ4v) is 2.57. The van der Waals surface area contributed by atoms with Crippen LogP contribution in [0.15, 0.2) is 15.8 Å². The summed E-state index contributed by atoms with van der Waals surface area (Å²) in [5.41, 5.74) is -2.90. The van der Waals surface area contributed by atoms with Crippen LogP contribution in [0, 0.1) is 6.92 Å². The molecule has 1 aliphatic heterocycles. The quantitative estimate of drug-likeness (QED) is 0.487. The maximum Gasteiger partial charge on any atom is 0.330 e. The maximum atomic E-state index is 12.0. The molecule has 1 aromatic heterocycles. The minimum Gasteiger partial charge on any atom is -0.394 e. The van der Waals surface area contributed by atoms with Crippen LogP contribution in [0.1, 0.15) is 18.2 Å². The number of rotatable bonds is 5. The van der Waals surface area contributed by atoms with Crippen molar-refractivity contribution in [2.45, 2.75) is 37.4 Å². The number of nitrogens with zero attached hydrogens (tertiary/aromatic N) is 1. The molecule has 1 saturated heterocycles. The van der Waals surface area contributed by atoms with Gasteiger partial charge in [-0.3, -0.25) is 14.3 Å². The molecule has 0 spiro atoms. The number of ether oxygens (including phenoxy) is 2. The fraction of sp³-hybridized carbons (Fsp3) is 0.692. The number of hydrogen-bond acceptors (Lipinski definition) is 7. The summed E-state index contributed by atoms with van der Waals surface area (Å²) < 4.78 is 11.3. The number of aromatic amines is 1.